The Morgan fingerprint density at radius 1 is 1.04 bits per heavy atom. The third kappa shape index (κ3) is 2.65. The van der Waals surface area contributed by atoms with Crippen LogP contribution in [0.15, 0.2) is 39.5 Å². The SMILES string of the molecule is COc1ccc(-c2cc(=O)oc3cc(O)c(C=O)c(OC)c23)cc1O. The van der Waals surface area contributed by atoms with Crippen molar-refractivity contribution in [3.63, 3.8) is 0 Å². The average molecular weight is 342 g/mol. The lowest BCUT2D eigenvalue weighted by atomic mass is 9.98. The fourth-order valence-corrected chi connectivity index (χ4v) is 2.71. The zero-order valence-electron chi connectivity index (χ0n) is 13.4. The molecule has 0 amide bonds. The lowest BCUT2D eigenvalue weighted by Gasteiger charge is -2.13. The van der Waals surface area contributed by atoms with E-state index >= 15 is 0 Å². The number of aldehydes is 1. The number of fused-ring (bicyclic) bond motifs is 1. The molecule has 0 aliphatic heterocycles. The maximum atomic E-state index is 11.9. The fraction of sp³-hybridized carbons (Fsp3) is 0.111. The third-order valence-electron chi connectivity index (χ3n) is 3.82. The molecule has 0 radical (unpaired) electrons. The molecule has 0 fully saturated rings. The first-order valence-corrected chi connectivity index (χ1v) is 7.20. The summed E-state index contributed by atoms with van der Waals surface area (Å²) in [6.07, 6.45) is 0.452. The minimum atomic E-state index is -0.655. The van der Waals surface area contributed by atoms with E-state index in [1.165, 1.54) is 32.4 Å². The molecule has 0 bridgehead atoms. The van der Waals surface area contributed by atoms with Gasteiger partial charge >= 0.3 is 5.63 Å². The topological polar surface area (TPSA) is 106 Å². The van der Waals surface area contributed by atoms with E-state index in [-0.39, 0.29) is 34.1 Å². The van der Waals surface area contributed by atoms with Crippen molar-refractivity contribution in [1.82, 2.24) is 0 Å². The van der Waals surface area contributed by atoms with Crippen molar-refractivity contribution in [2.24, 2.45) is 0 Å². The van der Waals surface area contributed by atoms with Crippen molar-refractivity contribution < 1.29 is 28.9 Å². The van der Waals surface area contributed by atoms with E-state index in [0.717, 1.165) is 0 Å². The number of hydrogen-bond donors (Lipinski definition) is 2. The molecule has 0 atom stereocenters. The average Bonchev–Trinajstić information content (AvgIpc) is 2.59. The predicted molar refractivity (Wildman–Crippen MR) is 89.7 cm³/mol. The molecule has 0 unspecified atom stereocenters. The fourth-order valence-electron chi connectivity index (χ4n) is 2.71. The number of benzene rings is 2. The molecule has 0 aliphatic rings. The summed E-state index contributed by atoms with van der Waals surface area (Å²) in [6, 6.07) is 6.99. The molecular weight excluding hydrogens is 328 g/mol. The summed E-state index contributed by atoms with van der Waals surface area (Å²) in [7, 11) is 2.75. The number of rotatable bonds is 4. The van der Waals surface area contributed by atoms with Gasteiger partial charge < -0.3 is 24.1 Å². The van der Waals surface area contributed by atoms with Gasteiger partial charge in [0.05, 0.1) is 25.2 Å². The highest BCUT2D eigenvalue weighted by atomic mass is 16.5. The van der Waals surface area contributed by atoms with Gasteiger partial charge in [-0.05, 0) is 17.7 Å². The molecule has 2 aromatic carbocycles. The van der Waals surface area contributed by atoms with E-state index < -0.39 is 5.63 Å². The summed E-state index contributed by atoms with van der Waals surface area (Å²) >= 11 is 0. The second-order valence-electron chi connectivity index (χ2n) is 5.20. The Hall–Kier alpha value is -3.48. The zero-order chi connectivity index (χ0) is 18.1. The summed E-state index contributed by atoms with van der Waals surface area (Å²) in [5.41, 5.74) is 0.194. The maximum absolute atomic E-state index is 11.9. The number of phenols is 2. The van der Waals surface area contributed by atoms with Crippen LogP contribution in [-0.2, 0) is 0 Å². The minimum Gasteiger partial charge on any atom is -0.507 e. The summed E-state index contributed by atoms with van der Waals surface area (Å²) in [6.45, 7) is 0. The van der Waals surface area contributed by atoms with Gasteiger partial charge in [-0.25, -0.2) is 4.79 Å². The second-order valence-corrected chi connectivity index (χ2v) is 5.20. The van der Waals surface area contributed by atoms with E-state index in [0.29, 0.717) is 22.8 Å². The van der Waals surface area contributed by atoms with Crippen LogP contribution in [0, 0.1) is 0 Å². The first kappa shape index (κ1) is 16.4. The number of ether oxygens (including phenoxy) is 2. The quantitative estimate of drug-likeness (QED) is 0.554. The monoisotopic (exact) mass is 342 g/mol. The van der Waals surface area contributed by atoms with Crippen LogP contribution in [0.2, 0.25) is 0 Å². The number of carbonyl (C=O) groups excluding carboxylic acids is 1. The Balaban J connectivity index is 2.44. The molecule has 0 saturated carbocycles. The molecular formula is C18H14O7. The van der Waals surface area contributed by atoms with E-state index in [1.807, 2.05) is 0 Å². The number of carbonyl (C=O) groups is 1. The Morgan fingerprint density at radius 2 is 1.80 bits per heavy atom. The van der Waals surface area contributed by atoms with E-state index in [9.17, 15) is 19.8 Å². The number of methoxy groups -OCH3 is 2. The van der Waals surface area contributed by atoms with Crippen molar-refractivity contribution in [2.75, 3.05) is 14.2 Å². The largest absolute Gasteiger partial charge is 0.507 e. The normalized spacial score (nSPS) is 10.6. The van der Waals surface area contributed by atoms with Crippen molar-refractivity contribution in [3.05, 3.63) is 46.3 Å². The van der Waals surface area contributed by atoms with Gasteiger partial charge in [0, 0.05) is 17.7 Å². The summed E-state index contributed by atoms with van der Waals surface area (Å²) < 4.78 is 15.4. The molecule has 2 N–H and O–H groups in total. The lowest BCUT2D eigenvalue weighted by Crippen LogP contribution is -2.01. The maximum Gasteiger partial charge on any atom is 0.336 e. The van der Waals surface area contributed by atoms with Gasteiger partial charge in [-0.3, -0.25) is 4.79 Å². The molecule has 7 nitrogen and oxygen atoms in total. The molecule has 1 heterocycles. The Kier molecular flexibility index (Phi) is 4.06. The first-order chi connectivity index (χ1) is 12.0. The highest BCUT2D eigenvalue weighted by molar-refractivity contribution is 6.04. The van der Waals surface area contributed by atoms with E-state index in [2.05, 4.69) is 0 Å². The first-order valence-electron chi connectivity index (χ1n) is 7.20. The van der Waals surface area contributed by atoms with Crippen molar-refractivity contribution in [2.45, 2.75) is 0 Å². The predicted octanol–water partition coefficient (Wildman–Crippen LogP) is 2.70. The molecule has 3 rings (SSSR count). The summed E-state index contributed by atoms with van der Waals surface area (Å²) in [5.74, 6) is -0.139. The summed E-state index contributed by atoms with van der Waals surface area (Å²) in [5, 5.41) is 20.3. The number of hydrogen-bond acceptors (Lipinski definition) is 7. The minimum absolute atomic E-state index is 0.0535. The highest BCUT2D eigenvalue weighted by Gasteiger charge is 2.20. The number of phenolic OH excluding ortho intramolecular Hbond substituents is 2. The molecule has 0 saturated heterocycles. The van der Waals surface area contributed by atoms with Gasteiger partial charge in [0.1, 0.15) is 17.1 Å². The van der Waals surface area contributed by atoms with Crippen LogP contribution < -0.4 is 15.1 Å². The van der Waals surface area contributed by atoms with E-state index in [4.69, 9.17) is 13.9 Å². The van der Waals surface area contributed by atoms with Gasteiger partial charge in [0.2, 0.25) is 0 Å². The van der Waals surface area contributed by atoms with Crippen LogP contribution in [0.1, 0.15) is 10.4 Å². The van der Waals surface area contributed by atoms with Crippen LogP contribution in [0.4, 0.5) is 0 Å². The van der Waals surface area contributed by atoms with Gasteiger partial charge in [0.15, 0.2) is 17.8 Å². The molecule has 3 aromatic rings. The second kappa shape index (κ2) is 6.20. The van der Waals surface area contributed by atoms with Crippen molar-refractivity contribution in [1.29, 1.82) is 0 Å². The lowest BCUT2D eigenvalue weighted by molar-refractivity contribution is 0.111. The Morgan fingerprint density at radius 3 is 2.40 bits per heavy atom. The van der Waals surface area contributed by atoms with Crippen molar-refractivity contribution >= 4 is 17.3 Å². The van der Waals surface area contributed by atoms with Crippen LogP contribution >= 0.6 is 0 Å². The molecule has 1 aromatic heterocycles. The van der Waals surface area contributed by atoms with Gasteiger partial charge in [-0.1, -0.05) is 6.07 Å². The van der Waals surface area contributed by atoms with Gasteiger partial charge in [0.25, 0.3) is 0 Å². The third-order valence-corrected chi connectivity index (χ3v) is 3.82. The zero-order valence-corrected chi connectivity index (χ0v) is 13.4. The van der Waals surface area contributed by atoms with Crippen LogP contribution in [0.3, 0.4) is 0 Å². The molecule has 25 heavy (non-hydrogen) atoms. The van der Waals surface area contributed by atoms with Gasteiger partial charge in [-0.15, -0.1) is 0 Å². The molecule has 0 spiro atoms. The molecule has 0 aliphatic carbocycles. The summed E-state index contributed by atoms with van der Waals surface area (Å²) in [4.78, 5) is 23.2. The Bertz CT molecular complexity index is 1030. The Labute approximate surface area is 141 Å². The van der Waals surface area contributed by atoms with Crippen molar-refractivity contribution in [3.8, 4) is 34.1 Å². The number of aromatic hydroxyl groups is 2. The molecule has 7 heteroatoms. The highest BCUT2D eigenvalue weighted by Crippen LogP contribution is 2.41. The van der Waals surface area contributed by atoms with Crippen LogP contribution in [0.25, 0.3) is 22.1 Å². The van der Waals surface area contributed by atoms with Gasteiger partial charge in [-0.2, -0.15) is 0 Å². The van der Waals surface area contributed by atoms with Crippen LogP contribution in [-0.4, -0.2) is 30.7 Å². The van der Waals surface area contributed by atoms with Crippen LogP contribution in [0.5, 0.6) is 23.0 Å². The van der Waals surface area contributed by atoms with E-state index in [1.54, 1.807) is 12.1 Å². The smallest absolute Gasteiger partial charge is 0.336 e. The standard InChI is InChI=1S/C18H14O7/c1-23-14-4-3-9(5-13(14)21)10-6-16(22)25-15-7-12(20)11(8-19)18(24-2)17(10)15/h3-8,20-21H,1-2H3. The molecule has 128 valence electrons.